The molecule has 48 heavy (non-hydrogen) atoms. The molecule has 262 valence electrons. The second kappa shape index (κ2) is 11.0. The number of amides is 2. The van der Waals surface area contributed by atoms with E-state index in [1.165, 1.54) is 0 Å². The molecule has 5 aliphatic carbocycles. The van der Waals surface area contributed by atoms with Crippen molar-refractivity contribution in [3.8, 4) is 0 Å². The second-order valence-electron chi connectivity index (χ2n) is 15.4. The summed E-state index contributed by atoms with van der Waals surface area (Å²) < 4.78 is 31.3. The Morgan fingerprint density at radius 2 is 1.73 bits per heavy atom. The lowest BCUT2D eigenvalue weighted by Crippen LogP contribution is -2.82. The molecule has 1 aromatic carbocycles. The molecule has 7 aliphatic rings. The second-order valence-corrected chi connectivity index (χ2v) is 15.4. The van der Waals surface area contributed by atoms with Crippen LogP contribution in [0.15, 0.2) is 24.3 Å². The van der Waals surface area contributed by atoms with Crippen LogP contribution in [0.4, 0.5) is 5.69 Å². The summed E-state index contributed by atoms with van der Waals surface area (Å²) in [6.45, 7) is 3.24. The Labute approximate surface area is 280 Å². The summed E-state index contributed by atoms with van der Waals surface area (Å²) >= 11 is 0. The number of hydrogen-bond acceptors (Lipinski definition) is 11. The van der Waals surface area contributed by atoms with Crippen LogP contribution in [0.2, 0.25) is 0 Å². The van der Waals surface area contributed by atoms with Crippen molar-refractivity contribution in [2.24, 2.45) is 34.5 Å². The molecule has 1 aromatic rings. The summed E-state index contributed by atoms with van der Waals surface area (Å²) in [5.74, 6) is -2.00. The normalized spacial score (nSPS) is 47.1. The largest absolute Gasteiger partial charge is 0.461 e. The highest BCUT2D eigenvalue weighted by molar-refractivity contribution is 6.21. The Morgan fingerprint density at radius 1 is 1.00 bits per heavy atom. The van der Waals surface area contributed by atoms with Gasteiger partial charge in [0.15, 0.2) is 0 Å². The van der Waals surface area contributed by atoms with E-state index in [4.69, 9.17) is 23.7 Å². The van der Waals surface area contributed by atoms with Crippen LogP contribution in [-0.2, 0) is 33.3 Å². The number of hydrogen-bond donors (Lipinski definition) is 2. The third-order valence-electron chi connectivity index (χ3n) is 14.2. The van der Waals surface area contributed by atoms with Crippen molar-refractivity contribution in [1.82, 2.24) is 4.90 Å². The first-order valence-corrected chi connectivity index (χ1v) is 17.5. The number of rotatable bonds is 9. The molecule has 0 aromatic heterocycles. The fourth-order valence-corrected chi connectivity index (χ4v) is 13.0. The van der Waals surface area contributed by atoms with Crippen molar-refractivity contribution in [3.63, 3.8) is 0 Å². The van der Waals surface area contributed by atoms with Gasteiger partial charge in [0, 0.05) is 82.8 Å². The SMILES string of the molecule is CCN1C[C@@]2(COC(=O)c3ccccc3N3C(=O)CCC3=O)CC[C@H](OC)[C@@]34[C@@H]5C[C@@H]6[C@@H](OC)[C@@H]5[C@@](O)(C[C@H]6OC)[C@@](O)([C@@H](OC)[C@H]23)[C@@H]14. The number of anilines is 1. The molecular formula is C36H48N2O10. The Bertz CT molecular complexity index is 1510. The Morgan fingerprint density at radius 3 is 2.38 bits per heavy atom. The minimum Gasteiger partial charge on any atom is -0.461 e. The van der Waals surface area contributed by atoms with Crippen molar-refractivity contribution in [2.75, 3.05) is 53.0 Å². The first-order valence-electron chi connectivity index (χ1n) is 17.5. The van der Waals surface area contributed by atoms with Crippen LogP contribution in [-0.4, -0.2) is 123 Å². The summed E-state index contributed by atoms with van der Waals surface area (Å²) in [5, 5.41) is 26.5. The van der Waals surface area contributed by atoms with Gasteiger partial charge in [0.05, 0.1) is 48.3 Å². The van der Waals surface area contributed by atoms with Gasteiger partial charge in [-0.25, -0.2) is 9.69 Å². The van der Waals surface area contributed by atoms with E-state index in [1.54, 1.807) is 52.7 Å². The molecule has 2 N–H and O–H groups in total. The lowest BCUT2D eigenvalue weighted by Gasteiger charge is -2.70. The molecule has 7 bridgehead atoms. The van der Waals surface area contributed by atoms with E-state index in [1.807, 2.05) is 0 Å². The van der Waals surface area contributed by atoms with E-state index >= 15 is 0 Å². The van der Waals surface area contributed by atoms with Crippen LogP contribution in [0.1, 0.15) is 55.8 Å². The van der Waals surface area contributed by atoms with E-state index in [-0.39, 0.29) is 90.9 Å². The van der Waals surface area contributed by atoms with Gasteiger partial charge in [0.2, 0.25) is 11.8 Å². The minimum atomic E-state index is -1.69. The van der Waals surface area contributed by atoms with Gasteiger partial charge in [0.25, 0.3) is 0 Å². The number of imide groups is 1. The topological polar surface area (TPSA) is 144 Å². The number of piperidine rings is 1. The van der Waals surface area contributed by atoms with E-state index in [2.05, 4.69) is 11.8 Å². The molecule has 8 rings (SSSR count). The van der Waals surface area contributed by atoms with Crippen molar-refractivity contribution < 1.29 is 48.3 Å². The van der Waals surface area contributed by atoms with Crippen LogP contribution < -0.4 is 4.90 Å². The number of ether oxygens (including phenoxy) is 5. The summed E-state index contributed by atoms with van der Waals surface area (Å²) in [4.78, 5) is 42.6. The van der Waals surface area contributed by atoms with Gasteiger partial charge in [-0.05, 0) is 43.9 Å². The number of para-hydroxylation sites is 1. The summed E-state index contributed by atoms with van der Waals surface area (Å²) in [6.07, 6.45) is 0.951. The van der Waals surface area contributed by atoms with E-state index in [0.29, 0.717) is 25.9 Å². The Balaban J connectivity index is 1.24. The molecule has 2 saturated heterocycles. The van der Waals surface area contributed by atoms with Crippen molar-refractivity contribution in [1.29, 1.82) is 0 Å². The van der Waals surface area contributed by atoms with Crippen LogP contribution in [0.3, 0.4) is 0 Å². The average molecular weight is 669 g/mol. The molecule has 0 radical (unpaired) electrons. The predicted octanol–water partition coefficient (Wildman–Crippen LogP) is 1.79. The van der Waals surface area contributed by atoms with Crippen LogP contribution in [0, 0.1) is 34.5 Å². The van der Waals surface area contributed by atoms with Crippen LogP contribution in [0.5, 0.6) is 0 Å². The fraction of sp³-hybridized carbons (Fsp3) is 0.750. The molecule has 2 amide bonds. The molecule has 5 saturated carbocycles. The van der Waals surface area contributed by atoms with Gasteiger partial charge in [-0.2, -0.15) is 0 Å². The molecule has 1 spiro atoms. The number of likely N-dealkylation sites (N-methyl/N-ethyl adjacent to an activating group) is 1. The maximum absolute atomic E-state index is 14.0. The average Bonchev–Trinajstić information content (AvgIpc) is 3.66. The van der Waals surface area contributed by atoms with Gasteiger partial charge in [0.1, 0.15) is 11.2 Å². The molecule has 12 heteroatoms. The first kappa shape index (κ1) is 32.7. The molecule has 2 aliphatic heterocycles. The Hall–Kier alpha value is -2.45. The van der Waals surface area contributed by atoms with E-state index in [9.17, 15) is 24.6 Å². The zero-order valence-corrected chi connectivity index (χ0v) is 28.4. The third kappa shape index (κ3) is 3.67. The lowest BCUT2D eigenvalue weighted by atomic mass is 9.42. The standard InChI is InChI=1S/C36H48N2O10/c1-6-37-17-33(18-48-31(41)19-9-7-8-10-22(19)38-25(39)11-12-26(38)40)14-13-24(45-3)35-21-15-20-23(44-2)16-34(42,27(21)28(20)46-4)36(43,32(35)37)30(47-5)29(33)35/h7-10,20-21,23-24,27-30,32,42-43H,6,11-18H2,1-5H3/t20-,21+,23+,24-,27+,28+,29+,30-,32-,33+,34-,35-,36+/m0/s1. The number of carbonyl (C=O) groups excluding carboxylic acids is 3. The van der Waals surface area contributed by atoms with E-state index in [0.717, 1.165) is 11.3 Å². The maximum Gasteiger partial charge on any atom is 0.340 e. The number of esters is 1. The molecule has 13 atom stereocenters. The van der Waals surface area contributed by atoms with Crippen LogP contribution >= 0.6 is 0 Å². The van der Waals surface area contributed by atoms with Crippen molar-refractivity contribution in [3.05, 3.63) is 29.8 Å². The number of aliphatic hydroxyl groups is 2. The number of nitrogens with zero attached hydrogens (tertiary/aromatic N) is 2. The molecule has 7 fully saturated rings. The molecular weight excluding hydrogens is 620 g/mol. The van der Waals surface area contributed by atoms with Gasteiger partial charge in [-0.1, -0.05) is 19.1 Å². The lowest BCUT2D eigenvalue weighted by molar-refractivity contribution is -0.320. The number of fused-ring (bicyclic) bond motifs is 2. The monoisotopic (exact) mass is 668 g/mol. The highest BCUT2D eigenvalue weighted by atomic mass is 16.5. The zero-order valence-electron chi connectivity index (χ0n) is 28.4. The summed E-state index contributed by atoms with van der Waals surface area (Å²) in [5.41, 5.74) is -4.15. The van der Waals surface area contributed by atoms with Crippen LogP contribution in [0.25, 0.3) is 0 Å². The van der Waals surface area contributed by atoms with Gasteiger partial charge < -0.3 is 33.9 Å². The predicted molar refractivity (Wildman–Crippen MR) is 170 cm³/mol. The van der Waals surface area contributed by atoms with Gasteiger partial charge in [-0.15, -0.1) is 0 Å². The summed E-state index contributed by atoms with van der Waals surface area (Å²) in [7, 11) is 6.70. The molecule has 0 unspecified atom stereocenters. The maximum atomic E-state index is 14.0. The quantitative estimate of drug-likeness (QED) is 0.294. The molecule has 12 nitrogen and oxygen atoms in total. The van der Waals surface area contributed by atoms with E-state index < -0.39 is 40.1 Å². The minimum absolute atomic E-state index is 0.0394. The highest BCUT2D eigenvalue weighted by Gasteiger charge is 2.91. The zero-order chi connectivity index (χ0) is 34.0. The number of methoxy groups -OCH3 is 4. The molecule has 2 heterocycles. The summed E-state index contributed by atoms with van der Waals surface area (Å²) in [6, 6.07) is 6.11. The smallest absolute Gasteiger partial charge is 0.340 e. The number of benzene rings is 1. The number of carbonyl (C=O) groups is 3. The fourth-order valence-electron chi connectivity index (χ4n) is 13.0. The van der Waals surface area contributed by atoms with Gasteiger partial charge in [-0.3, -0.25) is 14.5 Å². The third-order valence-corrected chi connectivity index (χ3v) is 14.2. The van der Waals surface area contributed by atoms with Crippen molar-refractivity contribution in [2.45, 2.75) is 87.1 Å². The van der Waals surface area contributed by atoms with Gasteiger partial charge >= 0.3 is 5.97 Å². The first-order chi connectivity index (χ1) is 23.0. The highest BCUT2D eigenvalue weighted by Crippen LogP contribution is 2.80. The number of likely N-dealkylation sites (tertiary alicyclic amines) is 1. The van der Waals surface area contributed by atoms with Crippen molar-refractivity contribution >= 4 is 23.5 Å². The Kier molecular flexibility index (Phi) is 7.52.